The average molecular weight is 1020 g/mol. The molecule has 0 spiro atoms. The van der Waals surface area contributed by atoms with Crippen LogP contribution in [0.15, 0.2) is 151 Å². The van der Waals surface area contributed by atoms with Gasteiger partial charge in [0.15, 0.2) is 0 Å². The molecule has 4 heterocycles. The summed E-state index contributed by atoms with van der Waals surface area (Å²) in [5, 5.41) is 46.1. The minimum absolute atomic E-state index is 0.0671. The van der Waals surface area contributed by atoms with Crippen molar-refractivity contribution in [2.75, 3.05) is 19.0 Å². The first-order valence-corrected chi connectivity index (χ1v) is 25.5. The van der Waals surface area contributed by atoms with E-state index in [0.29, 0.717) is 27.1 Å². The molecule has 0 amide bonds. The van der Waals surface area contributed by atoms with Crippen LogP contribution in [0.4, 0.5) is 5.69 Å². The number of aromatic nitrogens is 2. The van der Waals surface area contributed by atoms with E-state index in [-0.39, 0.29) is 58.4 Å². The van der Waals surface area contributed by atoms with E-state index in [1.807, 2.05) is 0 Å². The van der Waals surface area contributed by atoms with Crippen molar-refractivity contribution in [2.24, 2.45) is 13.0 Å². The van der Waals surface area contributed by atoms with Crippen LogP contribution in [0, 0.1) is 19.8 Å². The second-order valence-corrected chi connectivity index (χ2v) is 20.5. The molecule has 76 heavy (non-hydrogen) atoms. The minimum atomic E-state index is -1.34. The van der Waals surface area contributed by atoms with Gasteiger partial charge in [0.1, 0.15) is 30.6 Å². The number of aromatic hydroxyl groups is 1. The number of hydrogen-bond donors (Lipinski definition) is 3. The van der Waals surface area contributed by atoms with Crippen molar-refractivity contribution in [2.45, 2.75) is 77.6 Å². The molecule has 12 heteroatoms. The highest BCUT2D eigenvalue weighted by Crippen LogP contribution is 2.50. The van der Waals surface area contributed by atoms with Gasteiger partial charge in [0, 0.05) is 83.9 Å². The van der Waals surface area contributed by atoms with Crippen LogP contribution in [0.3, 0.4) is 0 Å². The van der Waals surface area contributed by atoms with Crippen molar-refractivity contribution in [3.8, 4) is 17.2 Å². The summed E-state index contributed by atoms with van der Waals surface area (Å²) in [5.74, 6) is -3.81. The topological polar surface area (TPSA) is 169 Å². The van der Waals surface area contributed by atoms with Crippen LogP contribution >= 0.6 is 0 Å². The summed E-state index contributed by atoms with van der Waals surface area (Å²) in [6.07, 6.45) is 10.6. The maximum absolute atomic E-state index is 12.9. The highest BCUT2D eigenvalue weighted by Gasteiger charge is 2.61. The largest absolute Gasteiger partial charge is 0.872 e. The Morgan fingerprint density at radius 1 is 0.829 bits per heavy atom. The van der Waals surface area contributed by atoms with E-state index in [4.69, 9.17) is 9.47 Å². The van der Waals surface area contributed by atoms with Gasteiger partial charge >= 0.3 is 17.9 Å². The molecule has 8 aromatic rings. The molecular formula is C64H63N3O9. The molecule has 0 saturated carbocycles. The van der Waals surface area contributed by atoms with E-state index in [1.165, 1.54) is 62.6 Å². The zero-order chi connectivity index (χ0) is 54.2. The van der Waals surface area contributed by atoms with E-state index in [0.717, 1.165) is 25.7 Å². The maximum atomic E-state index is 12.9. The zero-order valence-corrected chi connectivity index (χ0v) is 44.0. The molecule has 0 radical (unpaired) electrons. The standard InChI is InChI=1S/C26H28N3.C23H16O6.C15H20O3/c1-19-17-21(20(2)29(19)24-9-7-6-8-10-24)11-13-23-14-12-22-18-25(27(3)4)15-16-26(22)28(23)5;24-20-16(14-7-3-1-5-12(14)9-18(20)22(26)27)11-17-15-8-4-2-6-13(15)10-19(21(17)25)23(28)29;1-9-5-4-8-15(3)13(18-15)12-11(7-6-9)10(2)14(16)17-12/h6-18H,1-5H3;1-10,24-25H,11H2,(H,26,27)(H,28,29);5,11-13H,2,4,6-8H2,1,3H3/q+1;;/p-1. The SMILES string of the molecule is C=C1C(=O)OC2C1CCC(C)=CCCC1(C)OC21.Cc1cc(C=Cc2ccc3cc(N(C)C)ccc3[n+]2C)c(C)n1-c1ccccc1.O=C(O)c1cc2ccccc2c(Cc2c(O)c(C(=O)O)cc3ccccc23)c1[O-]. The molecule has 0 bridgehead atoms. The van der Waals surface area contributed by atoms with Crippen molar-refractivity contribution in [1.29, 1.82) is 0 Å². The average Bonchev–Trinajstić information content (AvgIpc) is 3.91. The normalized spacial score (nSPS) is 18.9. The summed E-state index contributed by atoms with van der Waals surface area (Å²) in [4.78, 5) is 37.0. The first-order valence-electron chi connectivity index (χ1n) is 25.5. The van der Waals surface area contributed by atoms with Gasteiger partial charge in [-0.05, 0) is 141 Å². The van der Waals surface area contributed by atoms with Crippen molar-refractivity contribution >= 4 is 68.2 Å². The second-order valence-electron chi connectivity index (χ2n) is 20.5. The number of rotatable bonds is 8. The number of anilines is 1. The van der Waals surface area contributed by atoms with E-state index < -0.39 is 23.4 Å². The predicted octanol–water partition coefficient (Wildman–Crippen LogP) is 11.8. The molecule has 2 saturated heterocycles. The third-order valence-electron chi connectivity index (χ3n) is 15.2. The fourth-order valence-corrected chi connectivity index (χ4v) is 10.8. The van der Waals surface area contributed by atoms with Crippen LogP contribution in [-0.4, -0.2) is 69.7 Å². The number of carbonyl (C=O) groups excluding carboxylic acids is 1. The maximum Gasteiger partial charge on any atom is 0.339 e. The number of pyridine rings is 1. The molecule has 3 aliphatic rings. The number of nitrogens with zero attached hydrogens (tertiary/aromatic N) is 3. The number of ether oxygens (including phenoxy) is 2. The monoisotopic (exact) mass is 1020 g/mol. The quantitative estimate of drug-likeness (QED) is 0.0438. The first kappa shape index (κ1) is 52.4. The summed E-state index contributed by atoms with van der Waals surface area (Å²) in [6.45, 7) is 12.5. The molecule has 2 fully saturated rings. The van der Waals surface area contributed by atoms with Gasteiger partial charge in [-0.2, -0.15) is 4.57 Å². The fraction of sp³-hybridized carbons (Fsp3) is 0.250. The molecule has 12 nitrogen and oxygen atoms in total. The Hall–Kier alpha value is -8.48. The number of allylic oxidation sites excluding steroid dienone is 2. The van der Waals surface area contributed by atoms with Crippen LogP contribution in [0.5, 0.6) is 11.5 Å². The summed E-state index contributed by atoms with van der Waals surface area (Å²) in [6, 6.07) is 40.3. The third-order valence-corrected chi connectivity index (χ3v) is 15.2. The van der Waals surface area contributed by atoms with Gasteiger partial charge in [-0.1, -0.05) is 90.7 Å². The number of para-hydroxylation sites is 1. The van der Waals surface area contributed by atoms with Crippen LogP contribution in [-0.2, 0) is 27.7 Å². The van der Waals surface area contributed by atoms with E-state index >= 15 is 0 Å². The summed E-state index contributed by atoms with van der Waals surface area (Å²) in [5.41, 5.74) is 10.3. The lowest BCUT2D eigenvalue weighted by atomic mass is 9.84. The van der Waals surface area contributed by atoms with Crippen LogP contribution in [0.2, 0.25) is 0 Å². The Morgan fingerprint density at radius 2 is 1.47 bits per heavy atom. The van der Waals surface area contributed by atoms with Gasteiger partial charge in [-0.3, -0.25) is 0 Å². The molecular weight excluding hydrogens is 955 g/mol. The molecule has 388 valence electrons. The number of hydrogen-bond acceptors (Lipinski definition) is 8. The number of carboxylic acids is 2. The van der Waals surface area contributed by atoms with Crippen LogP contribution in [0.1, 0.15) is 94.0 Å². The van der Waals surface area contributed by atoms with Crippen LogP contribution in [0.25, 0.3) is 50.3 Å². The Balaban J connectivity index is 0.000000143. The summed E-state index contributed by atoms with van der Waals surface area (Å²) >= 11 is 0. The van der Waals surface area contributed by atoms with Gasteiger partial charge in [0.2, 0.25) is 11.2 Å². The van der Waals surface area contributed by atoms with Crippen LogP contribution < -0.4 is 14.6 Å². The van der Waals surface area contributed by atoms with Crippen molar-refractivity contribution in [3.63, 3.8) is 0 Å². The second kappa shape index (κ2) is 21.4. The Kier molecular flexibility index (Phi) is 14.7. The number of benzene rings is 6. The Morgan fingerprint density at radius 3 is 2.14 bits per heavy atom. The summed E-state index contributed by atoms with van der Waals surface area (Å²) < 4.78 is 15.9. The lowest BCUT2D eigenvalue weighted by molar-refractivity contribution is -0.646. The number of carboxylic acid groups (broad SMARTS) is 2. The molecule has 4 unspecified atom stereocenters. The van der Waals surface area contributed by atoms with Gasteiger partial charge in [-0.25, -0.2) is 14.4 Å². The van der Waals surface area contributed by atoms with Crippen molar-refractivity contribution < 1.29 is 48.9 Å². The van der Waals surface area contributed by atoms with E-state index in [2.05, 4.69) is 154 Å². The highest BCUT2D eigenvalue weighted by molar-refractivity contribution is 6.02. The third kappa shape index (κ3) is 10.5. The van der Waals surface area contributed by atoms with E-state index in [1.54, 1.807) is 48.5 Å². The highest BCUT2D eigenvalue weighted by atomic mass is 16.6. The number of epoxide rings is 1. The number of phenols is 1. The molecule has 1 aliphatic carbocycles. The molecule has 2 aromatic heterocycles. The summed E-state index contributed by atoms with van der Waals surface area (Å²) in [7, 11) is 6.28. The predicted molar refractivity (Wildman–Crippen MR) is 297 cm³/mol. The number of aryl methyl sites for hydroxylation is 2. The molecule has 4 atom stereocenters. The van der Waals surface area contributed by atoms with Crippen molar-refractivity contribution in [1.82, 2.24) is 4.57 Å². The number of carbonyl (C=O) groups is 3. The lowest BCUT2D eigenvalue weighted by Crippen LogP contribution is -2.32. The fourth-order valence-electron chi connectivity index (χ4n) is 10.8. The minimum Gasteiger partial charge on any atom is -0.872 e. The molecule has 11 rings (SSSR count). The van der Waals surface area contributed by atoms with Gasteiger partial charge < -0.3 is 39.4 Å². The number of aromatic carboxylic acids is 2. The van der Waals surface area contributed by atoms with Crippen molar-refractivity contribution in [3.05, 3.63) is 196 Å². The molecule has 6 aromatic carbocycles. The zero-order valence-electron chi connectivity index (χ0n) is 44.0. The van der Waals surface area contributed by atoms with Gasteiger partial charge in [-0.15, -0.1) is 0 Å². The van der Waals surface area contributed by atoms with Gasteiger partial charge in [0.05, 0.1) is 11.2 Å². The Bertz CT molecular complexity index is 3560. The number of fused-ring (bicyclic) bond motifs is 6. The Labute approximate surface area is 442 Å². The molecule has 3 N–H and O–H groups in total. The molecule has 2 aliphatic heterocycles. The van der Waals surface area contributed by atoms with E-state index in [9.17, 15) is 34.8 Å². The lowest BCUT2D eigenvalue weighted by Gasteiger charge is -2.21. The smallest absolute Gasteiger partial charge is 0.339 e. The first-order chi connectivity index (χ1) is 36.3. The van der Waals surface area contributed by atoms with Gasteiger partial charge in [0.25, 0.3) is 0 Å². The number of esters is 1.